The van der Waals surface area contributed by atoms with Crippen molar-refractivity contribution in [2.24, 2.45) is 0 Å². The van der Waals surface area contributed by atoms with Crippen LogP contribution in [0.4, 0.5) is 0 Å². The summed E-state index contributed by atoms with van der Waals surface area (Å²) in [6.45, 7) is 3.55. The molecule has 1 fully saturated rings. The first-order valence-electron chi connectivity index (χ1n) is 7.69. The van der Waals surface area contributed by atoms with E-state index in [0.717, 1.165) is 25.6 Å². The minimum absolute atomic E-state index is 0.229. The molecule has 0 aromatic rings. The molecular weight excluding hydrogens is 256 g/mol. The zero-order valence-electron chi connectivity index (χ0n) is 13.2. The molecule has 0 aliphatic heterocycles. The van der Waals surface area contributed by atoms with Crippen LogP contribution < -0.4 is 5.32 Å². The van der Waals surface area contributed by atoms with Gasteiger partial charge in [-0.1, -0.05) is 19.3 Å². The fourth-order valence-corrected chi connectivity index (χ4v) is 2.78. The Morgan fingerprint density at radius 1 is 1.40 bits per heavy atom. The van der Waals surface area contributed by atoms with Crippen molar-refractivity contribution >= 4 is 5.97 Å². The van der Waals surface area contributed by atoms with Crippen molar-refractivity contribution in [1.82, 2.24) is 10.2 Å². The Kier molecular flexibility index (Phi) is 7.48. The van der Waals surface area contributed by atoms with E-state index in [1.54, 1.807) is 0 Å². The van der Waals surface area contributed by atoms with Crippen LogP contribution >= 0.6 is 0 Å². The third-order valence-electron chi connectivity index (χ3n) is 4.16. The predicted molar refractivity (Wildman–Crippen MR) is 79.6 cm³/mol. The summed E-state index contributed by atoms with van der Waals surface area (Å²) in [6, 6.07) is 0.738. The summed E-state index contributed by atoms with van der Waals surface area (Å²) in [7, 11) is 3.48. The van der Waals surface area contributed by atoms with Gasteiger partial charge >= 0.3 is 5.97 Å². The van der Waals surface area contributed by atoms with Crippen molar-refractivity contribution in [3.63, 3.8) is 0 Å². The number of esters is 1. The molecule has 0 spiro atoms. The molecule has 1 aliphatic carbocycles. The molecule has 5 heteroatoms. The van der Waals surface area contributed by atoms with E-state index >= 15 is 0 Å². The van der Waals surface area contributed by atoms with Crippen molar-refractivity contribution in [1.29, 1.82) is 0 Å². The molecule has 0 aromatic heterocycles. The summed E-state index contributed by atoms with van der Waals surface area (Å²) >= 11 is 0. The lowest BCUT2D eigenvalue weighted by Crippen LogP contribution is -2.46. The molecule has 0 saturated heterocycles. The van der Waals surface area contributed by atoms with Crippen LogP contribution in [0, 0.1) is 0 Å². The number of hydrogen-bond acceptors (Lipinski definition) is 5. The smallest absolute Gasteiger partial charge is 0.338 e. The monoisotopic (exact) mass is 286 g/mol. The highest BCUT2D eigenvalue weighted by molar-refractivity contribution is 5.78. The van der Waals surface area contributed by atoms with Crippen LogP contribution in [0.3, 0.4) is 0 Å². The third-order valence-corrected chi connectivity index (χ3v) is 4.16. The van der Waals surface area contributed by atoms with Crippen molar-refractivity contribution in [3.8, 4) is 0 Å². The zero-order valence-corrected chi connectivity index (χ0v) is 13.2. The van der Waals surface area contributed by atoms with E-state index in [1.807, 2.05) is 0 Å². The molecule has 1 unspecified atom stereocenters. The first kappa shape index (κ1) is 17.4. The van der Waals surface area contributed by atoms with E-state index in [4.69, 9.17) is 0 Å². The first-order chi connectivity index (χ1) is 9.47. The van der Waals surface area contributed by atoms with Crippen LogP contribution in [-0.4, -0.2) is 61.4 Å². The van der Waals surface area contributed by atoms with E-state index in [2.05, 4.69) is 22.0 Å². The molecule has 1 rings (SSSR count). The zero-order chi connectivity index (χ0) is 15.0. The number of aliphatic hydroxyl groups is 1. The Morgan fingerprint density at radius 3 is 2.65 bits per heavy atom. The number of hydrogen-bond donors (Lipinski definition) is 2. The molecule has 1 atom stereocenters. The van der Waals surface area contributed by atoms with Gasteiger partial charge in [0.2, 0.25) is 0 Å². The summed E-state index contributed by atoms with van der Waals surface area (Å²) in [5.41, 5.74) is -1.44. The highest BCUT2D eigenvalue weighted by Gasteiger charge is 2.30. The number of ether oxygens (including phenoxy) is 1. The van der Waals surface area contributed by atoms with E-state index < -0.39 is 11.6 Å². The summed E-state index contributed by atoms with van der Waals surface area (Å²) in [5.74, 6) is -0.593. The van der Waals surface area contributed by atoms with Crippen LogP contribution in [0.2, 0.25) is 0 Å². The molecule has 0 amide bonds. The minimum Gasteiger partial charge on any atom is -0.467 e. The number of nitrogens with zero attached hydrogens (tertiary/aromatic N) is 1. The predicted octanol–water partition coefficient (Wildman–Crippen LogP) is 1.15. The second kappa shape index (κ2) is 8.60. The average molecular weight is 286 g/mol. The van der Waals surface area contributed by atoms with Crippen LogP contribution in [-0.2, 0) is 9.53 Å². The number of nitrogens with one attached hydrogen (secondary N) is 1. The van der Waals surface area contributed by atoms with Gasteiger partial charge in [-0.25, -0.2) is 4.79 Å². The third kappa shape index (κ3) is 5.77. The summed E-state index contributed by atoms with van der Waals surface area (Å²) in [5, 5.41) is 13.0. The number of rotatable bonds is 8. The Labute approximate surface area is 122 Å². The van der Waals surface area contributed by atoms with E-state index in [-0.39, 0.29) is 6.54 Å². The van der Waals surface area contributed by atoms with Crippen LogP contribution in [0.1, 0.15) is 45.4 Å². The molecule has 1 aliphatic rings. The SMILES string of the molecule is COC(=O)C(C)(O)CNCCCN(C)C1CCCCC1. The van der Waals surface area contributed by atoms with E-state index in [9.17, 15) is 9.90 Å². The fraction of sp³-hybridized carbons (Fsp3) is 0.933. The molecule has 2 N–H and O–H groups in total. The Hall–Kier alpha value is -0.650. The van der Waals surface area contributed by atoms with Gasteiger partial charge in [0.1, 0.15) is 0 Å². The van der Waals surface area contributed by atoms with Crippen molar-refractivity contribution in [2.75, 3.05) is 33.8 Å². The van der Waals surface area contributed by atoms with Gasteiger partial charge in [0.15, 0.2) is 5.60 Å². The minimum atomic E-state index is -1.44. The van der Waals surface area contributed by atoms with Crippen LogP contribution in [0.15, 0.2) is 0 Å². The molecular formula is C15H30N2O3. The Balaban J connectivity index is 2.10. The van der Waals surface area contributed by atoms with Crippen molar-refractivity contribution in [3.05, 3.63) is 0 Å². The second-order valence-corrected chi connectivity index (χ2v) is 6.07. The highest BCUT2D eigenvalue weighted by Crippen LogP contribution is 2.21. The molecule has 118 valence electrons. The van der Waals surface area contributed by atoms with E-state index in [1.165, 1.54) is 46.1 Å². The Morgan fingerprint density at radius 2 is 2.05 bits per heavy atom. The fourth-order valence-electron chi connectivity index (χ4n) is 2.78. The molecule has 0 heterocycles. The molecule has 20 heavy (non-hydrogen) atoms. The van der Waals surface area contributed by atoms with Gasteiger partial charge in [0, 0.05) is 12.6 Å². The van der Waals surface area contributed by atoms with E-state index in [0.29, 0.717) is 0 Å². The highest BCUT2D eigenvalue weighted by atomic mass is 16.5. The molecule has 0 bridgehead atoms. The summed E-state index contributed by atoms with van der Waals surface area (Å²) in [6.07, 6.45) is 7.76. The first-order valence-corrected chi connectivity index (χ1v) is 7.69. The van der Waals surface area contributed by atoms with Gasteiger partial charge in [-0.3, -0.25) is 0 Å². The standard InChI is InChI=1S/C15H30N2O3/c1-15(19,14(18)20-3)12-16-10-7-11-17(2)13-8-5-4-6-9-13/h13,16,19H,4-12H2,1-3H3. The van der Waals surface area contributed by atoms with Gasteiger partial charge in [0.25, 0.3) is 0 Å². The van der Waals surface area contributed by atoms with Crippen LogP contribution in [0.25, 0.3) is 0 Å². The normalized spacial score (nSPS) is 19.9. The van der Waals surface area contributed by atoms with Crippen LogP contribution in [0.5, 0.6) is 0 Å². The largest absolute Gasteiger partial charge is 0.467 e. The average Bonchev–Trinajstić information content (AvgIpc) is 2.46. The summed E-state index contributed by atoms with van der Waals surface area (Å²) < 4.78 is 4.55. The molecule has 1 saturated carbocycles. The molecule has 0 aromatic carbocycles. The summed E-state index contributed by atoms with van der Waals surface area (Å²) in [4.78, 5) is 13.7. The molecule has 5 nitrogen and oxygen atoms in total. The lowest BCUT2D eigenvalue weighted by Gasteiger charge is -2.31. The lowest BCUT2D eigenvalue weighted by molar-refractivity contribution is -0.159. The topological polar surface area (TPSA) is 61.8 Å². The van der Waals surface area contributed by atoms with Gasteiger partial charge in [-0.05, 0) is 46.3 Å². The van der Waals surface area contributed by atoms with Gasteiger partial charge < -0.3 is 20.1 Å². The Bertz CT molecular complexity index is 289. The second-order valence-electron chi connectivity index (χ2n) is 6.07. The lowest BCUT2D eigenvalue weighted by atomic mass is 9.94. The van der Waals surface area contributed by atoms with Gasteiger partial charge in [-0.15, -0.1) is 0 Å². The molecule has 0 radical (unpaired) electrons. The number of methoxy groups -OCH3 is 1. The maximum Gasteiger partial charge on any atom is 0.338 e. The van der Waals surface area contributed by atoms with Gasteiger partial charge in [-0.2, -0.15) is 0 Å². The van der Waals surface area contributed by atoms with Crippen molar-refractivity contribution in [2.45, 2.75) is 57.1 Å². The quantitative estimate of drug-likeness (QED) is 0.518. The van der Waals surface area contributed by atoms with Gasteiger partial charge in [0.05, 0.1) is 7.11 Å². The maximum absolute atomic E-state index is 11.3. The number of carbonyl (C=O) groups is 1. The number of carbonyl (C=O) groups excluding carboxylic acids is 1. The van der Waals surface area contributed by atoms with Crippen molar-refractivity contribution < 1.29 is 14.6 Å². The maximum atomic E-state index is 11.3.